The molecule has 0 spiro atoms. The molecule has 0 heterocycles. The van der Waals surface area contributed by atoms with Crippen LogP contribution < -0.4 is 11.5 Å². The maximum absolute atomic E-state index is 6.29. The quantitative estimate of drug-likeness (QED) is 0.367. The summed E-state index contributed by atoms with van der Waals surface area (Å²) >= 11 is 0. The largest absolute Gasteiger partial charge is 0.402 e. The minimum atomic E-state index is 0.763. The van der Waals surface area contributed by atoms with Crippen molar-refractivity contribution in [3.63, 3.8) is 0 Å². The molecule has 0 saturated carbocycles. The smallest absolute Gasteiger partial charge is 0.00866 e. The molecule has 0 amide bonds. The van der Waals surface area contributed by atoms with Crippen LogP contribution in [0.3, 0.4) is 0 Å². The summed E-state index contributed by atoms with van der Waals surface area (Å²) < 4.78 is 0. The molecule has 0 radical (unpaired) electrons. The van der Waals surface area contributed by atoms with Gasteiger partial charge < -0.3 is 11.5 Å². The first-order valence-electron chi connectivity index (χ1n) is 9.10. The lowest BCUT2D eigenvalue weighted by Crippen LogP contribution is -2.00. The van der Waals surface area contributed by atoms with E-state index < -0.39 is 0 Å². The summed E-state index contributed by atoms with van der Waals surface area (Å²) in [7, 11) is 0. The van der Waals surface area contributed by atoms with Crippen molar-refractivity contribution in [2.24, 2.45) is 11.5 Å². The summed E-state index contributed by atoms with van der Waals surface area (Å²) in [5, 5.41) is 7.87. The number of benzene rings is 4. The van der Waals surface area contributed by atoms with Crippen molar-refractivity contribution in [2.45, 2.75) is 25.7 Å². The van der Waals surface area contributed by atoms with Crippen LogP contribution in [-0.2, 0) is 0 Å². The van der Waals surface area contributed by atoms with E-state index in [1.807, 2.05) is 0 Å². The molecule has 4 rings (SSSR count). The molecule has 4 aromatic rings. The maximum atomic E-state index is 6.29. The van der Waals surface area contributed by atoms with Gasteiger partial charge in [-0.15, -0.1) is 0 Å². The fourth-order valence-corrected chi connectivity index (χ4v) is 3.81. The fourth-order valence-electron chi connectivity index (χ4n) is 3.81. The molecule has 2 nitrogen and oxygen atoms in total. The van der Waals surface area contributed by atoms with Gasteiger partial charge in [-0.2, -0.15) is 0 Å². The van der Waals surface area contributed by atoms with Crippen LogP contribution in [-0.4, -0.2) is 6.54 Å². The van der Waals surface area contributed by atoms with Crippen molar-refractivity contribution < 1.29 is 0 Å². The number of hydrogen-bond donors (Lipinski definition) is 2. The average molecular weight is 328 g/mol. The van der Waals surface area contributed by atoms with Gasteiger partial charge in [0.15, 0.2) is 0 Å². The fraction of sp³-hybridized carbons (Fsp3) is 0.217. The topological polar surface area (TPSA) is 52.0 Å². The van der Waals surface area contributed by atoms with Crippen molar-refractivity contribution in [1.82, 2.24) is 0 Å². The van der Waals surface area contributed by atoms with Gasteiger partial charge in [0.1, 0.15) is 0 Å². The molecule has 0 fully saturated rings. The molecule has 0 unspecified atom stereocenters. The highest BCUT2D eigenvalue weighted by Gasteiger charge is 2.09. The van der Waals surface area contributed by atoms with E-state index in [2.05, 4.69) is 60.7 Å². The molecule has 4 aromatic carbocycles. The Morgan fingerprint density at radius 2 is 1.44 bits per heavy atom. The molecule has 0 aliphatic carbocycles. The van der Waals surface area contributed by atoms with E-state index in [0.29, 0.717) is 0 Å². The standard InChI is InChI=1S/C23H24N2/c24-14-3-1-2-7-20(25)15-19-11-10-18-9-8-16-5-4-6-17-12-13-21(19)23(18)22(16)17/h4-6,8-13,15H,1-3,7,14,24-25H2/b20-15-. The number of allylic oxidation sites excluding steroid dienone is 1. The first-order chi connectivity index (χ1) is 12.3. The Labute approximate surface area is 148 Å². The minimum Gasteiger partial charge on any atom is -0.402 e. The van der Waals surface area contributed by atoms with Gasteiger partial charge >= 0.3 is 0 Å². The van der Waals surface area contributed by atoms with E-state index in [0.717, 1.165) is 37.9 Å². The Morgan fingerprint density at radius 1 is 0.760 bits per heavy atom. The van der Waals surface area contributed by atoms with Crippen molar-refractivity contribution >= 4 is 38.4 Å². The summed E-state index contributed by atoms with van der Waals surface area (Å²) in [6, 6.07) is 19.8. The van der Waals surface area contributed by atoms with Crippen molar-refractivity contribution in [3.8, 4) is 0 Å². The van der Waals surface area contributed by atoms with Gasteiger partial charge in [0, 0.05) is 5.70 Å². The van der Waals surface area contributed by atoms with Gasteiger partial charge in [-0.05, 0) is 69.8 Å². The molecule has 0 aromatic heterocycles. The van der Waals surface area contributed by atoms with Crippen molar-refractivity contribution in [2.75, 3.05) is 6.54 Å². The van der Waals surface area contributed by atoms with E-state index in [4.69, 9.17) is 11.5 Å². The highest BCUT2D eigenvalue weighted by atomic mass is 14.6. The van der Waals surface area contributed by atoms with Crippen LogP contribution in [0.2, 0.25) is 0 Å². The van der Waals surface area contributed by atoms with Crippen LogP contribution in [0.25, 0.3) is 38.4 Å². The molecular formula is C23H24N2. The lowest BCUT2D eigenvalue weighted by molar-refractivity contribution is 0.682. The monoisotopic (exact) mass is 328 g/mol. The predicted octanol–water partition coefficient (Wildman–Crippen LogP) is 5.40. The van der Waals surface area contributed by atoms with Crippen LogP contribution in [0.5, 0.6) is 0 Å². The van der Waals surface area contributed by atoms with E-state index in [9.17, 15) is 0 Å². The van der Waals surface area contributed by atoms with Gasteiger partial charge in [-0.3, -0.25) is 0 Å². The SMILES string of the molecule is NCCCCC/C(N)=C/c1ccc2ccc3cccc4ccc1c2c34. The Hall–Kier alpha value is -2.58. The lowest BCUT2D eigenvalue weighted by Gasteiger charge is -2.13. The molecule has 0 aliphatic heterocycles. The van der Waals surface area contributed by atoms with E-state index >= 15 is 0 Å². The van der Waals surface area contributed by atoms with E-state index in [1.54, 1.807) is 0 Å². The zero-order chi connectivity index (χ0) is 17.2. The Kier molecular flexibility index (Phi) is 4.29. The van der Waals surface area contributed by atoms with Crippen LogP contribution in [0.15, 0.2) is 60.3 Å². The first-order valence-corrected chi connectivity index (χ1v) is 9.10. The average Bonchev–Trinajstić information content (AvgIpc) is 2.64. The van der Waals surface area contributed by atoms with Crippen LogP contribution in [0, 0.1) is 0 Å². The molecular weight excluding hydrogens is 304 g/mol. The maximum Gasteiger partial charge on any atom is 0.00866 e. The summed E-state index contributed by atoms with van der Waals surface area (Å²) in [6.45, 7) is 0.763. The lowest BCUT2D eigenvalue weighted by atomic mass is 9.91. The van der Waals surface area contributed by atoms with Crippen molar-refractivity contribution in [3.05, 3.63) is 65.9 Å². The second-order valence-electron chi connectivity index (χ2n) is 6.83. The molecule has 2 heteroatoms. The third kappa shape index (κ3) is 2.94. The predicted molar refractivity (Wildman–Crippen MR) is 110 cm³/mol. The molecule has 0 aliphatic rings. The van der Waals surface area contributed by atoms with Gasteiger partial charge in [-0.25, -0.2) is 0 Å². The molecule has 4 N–H and O–H groups in total. The number of unbranched alkanes of at least 4 members (excludes halogenated alkanes) is 2. The van der Waals surface area contributed by atoms with Crippen LogP contribution >= 0.6 is 0 Å². The van der Waals surface area contributed by atoms with E-state index in [-0.39, 0.29) is 0 Å². The third-order valence-corrected chi connectivity index (χ3v) is 5.07. The summed E-state index contributed by atoms with van der Waals surface area (Å²) in [4.78, 5) is 0. The van der Waals surface area contributed by atoms with E-state index in [1.165, 1.54) is 37.9 Å². The van der Waals surface area contributed by atoms with Crippen LogP contribution in [0.4, 0.5) is 0 Å². The van der Waals surface area contributed by atoms with Crippen LogP contribution in [0.1, 0.15) is 31.2 Å². The molecule has 0 saturated heterocycles. The number of rotatable bonds is 6. The molecule has 0 bridgehead atoms. The number of nitrogens with two attached hydrogens (primary N) is 2. The molecule has 126 valence electrons. The number of hydrogen-bond acceptors (Lipinski definition) is 2. The third-order valence-electron chi connectivity index (χ3n) is 5.07. The second-order valence-corrected chi connectivity index (χ2v) is 6.83. The Balaban J connectivity index is 1.80. The minimum absolute atomic E-state index is 0.763. The highest BCUT2D eigenvalue weighted by molar-refractivity contribution is 6.24. The van der Waals surface area contributed by atoms with Gasteiger partial charge in [0.25, 0.3) is 0 Å². The molecule has 25 heavy (non-hydrogen) atoms. The Bertz CT molecular complexity index is 1030. The molecule has 0 atom stereocenters. The first kappa shape index (κ1) is 15.9. The van der Waals surface area contributed by atoms with Gasteiger partial charge in [-0.1, -0.05) is 61.0 Å². The Morgan fingerprint density at radius 3 is 2.20 bits per heavy atom. The van der Waals surface area contributed by atoms with Gasteiger partial charge in [0.05, 0.1) is 0 Å². The van der Waals surface area contributed by atoms with Crippen molar-refractivity contribution in [1.29, 1.82) is 0 Å². The second kappa shape index (κ2) is 6.73. The van der Waals surface area contributed by atoms with Gasteiger partial charge in [0.2, 0.25) is 0 Å². The summed E-state index contributed by atoms with van der Waals surface area (Å²) in [5.41, 5.74) is 14.0. The normalized spacial score (nSPS) is 12.6. The summed E-state index contributed by atoms with van der Waals surface area (Å²) in [6.07, 6.45) is 6.40. The highest BCUT2D eigenvalue weighted by Crippen LogP contribution is 2.36. The zero-order valence-corrected chi connectivity index (χ0v) is 14.5. The zero-order valence-electron chi connectivity index (χ0n) is 14.5. The summed E-state index contributed by atoms with van der Waals surface area (Å²) in [5.74, 6) is 0.